The van der Waals surface area contributed by atoms with Gasteiger partial charge in [0.05, 0.1) is 6.61 Å². The molecule has 0 aliphatic heterocycles. The van der Waals surface area contributed by atoms with E-state index in [9.17, 15) is 5.11 Å². The van der Waals surface area contributed by atoms with Crippen LogP contribution in [0.5, 0.6) is 0 Å². The standard InChI is InChI=1S/C15H29N5O/c1-6-11(7-2)20(8-9-21)13-10-12(19-16)17-14(18-13)15(3,4)5/h10-11,21H,6-9,16H2,1-5H3,(H,17,18,19). The number of hydrazine groups is 1. The molecule has 6 nitrogen and oxygen atoms in total. The minimum Gasteiger partial charge on any atom is -0.395 e. The van der Waals surface area contributed by atoms with Crippen molar-refractivity contribution >= 4 is 11.6 Å². The van der Waals surface area contributed by atoms with E-state index in [1.807, 2.05) is 6.07 Å². The Morgan fingerprint density at radius 2 is 1.90 bits per heavy atom. The van der Waals surface area contributed by atoms with Crippen molar-refractivity contribution in [1.29, 1.82) is 0 Å². The molecule has 0 spiro atoms. The predicted octanol–water partition coefficient (Wildman–Crippen LogP) is 2.05. The zero-order valence-electron chi connectivity index (χ0n) is 13.8. The van der Waals surface area contributed by atoms with Crippen LogP contribution in [0.25, 0.3) is 0 Å². The van der Waals surface area contributed by atoms with E-state index in [1.165, 1.54) is 0 Å². The highest BCUT2D eigenvalue weighted by atomic mass is 16.3. The molecule has 4 N–H and O–H groups in total. The predicted molar refractivity (Wildman–Crippen MR) is 87.3 cm³/mol. The van der Waals surface area contributed by atoms with Gasteiger partial charge in [0.25, 0.3) is 0 Å². The molecular formula is C15H29N5O. The number of nitrogens with zero attached hydrogens (tertiary/aromatic N) is 3. The summed E-state index contributed by atoms with van der Waals surface area (Å²) < 4.78 is 0. The van der Waals surface area contributed by atoms with E-state index in [1.54, 1.807) is 0 Å². The molecule has 0 fully saturated rings. The number of aromatic nitrogens is 2. The van der Waals surface area contributed by atoms with Crippen molar-refractivity contribution in [2.24, 2.45) is 5.84 Å². The van der Waals surface area contributed by atoms with Gasteiger partial charge < -0.3 is 15.4 Å². The fourth-order valence-electron chi connectivity index (χ4n) is 2.31. The largest absolute Gasteiger partial charge is 0.395 e. The molecule has 120 valence electrons. The summed E-state index contributed by atoms with van der Waals surface area (Å²) in [6.07, 6.45) is 1.99. The molecule has 0 amide bonds. The minimum absolute atomic E-state index is 0.0940. The van der Waals surface area contributed by atoms with E-state index >= 15 is 0 Å². The third kappa shape index (κ3) is 4.54. The summed E-state index contributed by atoms with van der Waals surface area (Å²) in [5, 5.41) is 9.37. The van der Waals surface area contributed by atoms with E-state index in [2.05, 4.69) is 49.9 Å². The second-order valence-corrected chi connectivity index (χ2v) is 6.22. The van der Waals surface area contributed by atoms with Gasteiger partial charge in [-0.2, -0.15) is 0 Å². The number of nitrogens with one attached hydrogen (secondary N) is 1. The molecule has 0 aliphatic carbocycles. The van der Waals surface area contributed by atoms with Gasteiger partial charge in [-0.05, 0) is 12.8 Å². The first-order valence-corrected chi connectivity index (χ1v) is 7.61. The molecule has 0 aliphatic rings. The van der Waals surface area contributed by atoms with Gasteiger partial charge in [-0.1, -0.05) is 34.6 Å². The minimum atomic E-state index is -0.166. The van der Waals surface area contributed by atoms with E-state index in [0.717, 1.165) is 24.5 Å². The van der Waals surface area contributed by atoms with Gasteiger partial charge in [0, 0.05) is 24.1 Å². The van der Waals surface area contributed by atoms with E-state index in [4.69, 9.17) is 10.8 Å². The fraction of sp³-hybridized carbons (Fsp3) is 0.733. The Balaban J connectivity index is 3.29. The van der Waals surface area contributed by atoms with Crippen LogP contribution < -0.4 is 16.2 Å². The summed E-state index contributed by atoms with van der Waals surface area (Å²) in [5.74, 6) is 7.68. The monoisotopic (exact) mass is 295 g/mol. The van der Waals surface area contributed by atoms with E-state index < -0.39 is 0 Å². The van der Waals surface area contributed by atoms with Crippen molar-refractivity contribution in [2.75, 3.05) is 23.5 Å². The summed E-state index contributed by atoms with van der Waals surface area (Å²) in [6.45, 7) is 11.1. The Bertz CT molecular complexity index is 440. The molecule has 0 saturated heterocycles. The lowest BCUT2D eigenvalue weighted by Crippen LogP contribution is -2.38. The van der Waals surface area contributed by atoms with Gasteiger partial charge in [-0.3, -0.25) is 0 Å². The van der Waals surface area contributed by atoms with Crippen molar-refractivity contribution in [3.8, 4) is 0 Å². The number of anilines is 2. The normalized spacial score (nSPS) is 11.8. The number of aliphatic hydroxyl groups excluding tert-OH is 1. The SMILES string of the molecule is CCC(CC)N(CCO)c1cc(NN)nc(C(C)(C)C)n1. The van der Waals surface area contributed by atoms with Crippen LogP contribution in [-0.4, -0.2) is 34.3 Å². The van der Waals surface area contributed by atoms with E-state index in [0.29, 0.717) is 18.4 Å². The molecule has 1 aromatic heterocycles. The van der Waals surface area contributed by atoms with Crippen molar-refractivity contribution in [3.63, 3.8) is 0 Å². The van der Waals surface area contributed by atoms with Crippen molar-refractivity contribution in [1.82, 2.24) is 9.97 Å². The van der Waals surface area contributed by atoms with Gasteiger partial charge in [0.2, 0.25) is 0 Å². The summed E-state index contributed by atoms with van der Waals surface area (Å²) in [4.78, 5) is 11.3. The maximum atomic E-state index is 9.37. The molecule has 1 rings (SSSR count). The number of rotatable bonds is 7. The number of nitrogens with two attached hydrogens (primary N) is 1. The third-order valence-corrected chi connectivity index (χ3v) is 3.55. The quantitative estimate of drug-likeness (QED) is 0.527. The maximum absolute atomic E-state index is 9.37. The summed E-state index contributed by atoms with van der Waals surface area (Å²) in [7, 11) is 0. The molecule has 21 heavy (non-hydrogen) atoms. The van der Waals surface area contributed by atoms with Gasteiger partial charge in [-0.15, -0.1) is 0 Å². The van der Waals surface area contributed by atoms with Crippen molar-refractivity contribution in [3.05, 3.63) is 11.9 Å². The lowest BCUT2D eigenvalue weighted by molar-refractivity contribution is 0.295. The second kappa shape index (κ2) is 7.56. The molecule has 1 aromatic rings. The molecule has 0 radical (unpaired) electrons. The van der Waals surface area contributed by atoms with E-state index in [-0.39, 0.29) is 12.0 Å². The number of nitrogen functional groups attached to an aromatic ring is 1. The Hall–Kier alpha value is -1.40. The Morgan fingerprint density at radius 3 is 2.33 bits per heavy atom. The Labute approximate surface area is 127 Å². The molecule has 6 heteroatoms. The van der Waals surface area contributed by atoms with Crippen LogP contribution in [0.15, 0.2) is 6.07 Å². The number of aliphatic hydroxyl groups is 1. The lowest BCUT2D eigenvalue weighted by Gasteiger charge is -2.32. The van der Waals surface area contributed by atoms with Crippen LogP contribution in [0, 0.1) is 0 Å². The fourth-order valence-corrected chi connectivity index (χ4v) is 2.31. The van der Waals surface area contributed by atoms with Gasteiger partial charge >= 0.3 is 0 Å². The average molecular weight is 295 g/mol. The van der Waals surface area contributed by atoms with Crippen LogP contribution in [0.3, 0.4) is 0 Å². The Kier molecular flexibility index (Phi) is 6.36. The third-order valence-electron chi connectivity index (χ3n) is 3.55. The highest BCUT2D eigenvalue weighted by Crippen LogP contribution is 2.25. The van der Waals surface area contributed by atoms with Crippen LogP contribution >= 0.6 is 0 Å². The molecule has 0 atom stereocenters. The zero-order chi connectivity index (χ0) is 16.0. The highest BCUT2D eigenvalue weighted by Gasteiger charge is 2.23. The molecular weight excluding hydrogens is 266 g/mol. The van der Waals surface area contributed by atoms with Crippen molar-refractivity contribution < 1.29 is 5.11 Å². The topological polar surface area (TPSA) is 87.3 Å². The highest BCUT2D eigenvalue weighted by molar-refractivity contribution is 5.50. The Morgan fingerprint density at radius 1 is 1.29 bits per heavy atom. The second-order valence-electron chi connectivity index (χ2n) is 6.22. The van der Waals surface area contributed by atoms with Crippen LogP contribution in [0.1, 0.15) is 53.3 Å². The zero-order valence-corrected chi connectivity index (χ0v) is 13.8. The molecule has 0 bridgehead atoms. The first kappa shape index (κ1) is 17.7. The number of hydrogen-bond donors (Lipinski definition) is 3. The molecule has 0 aromatic carbocycles. The molecule has 0 saturated carbocycles. The van der Waals surface area contributed by atoms with Gasteiger partial charge in [-0.25, -0.2) is 15.8 Å². The van der Waals surface area contributed by atoms with Crippen molar-refractivity contribution in [2.45, 2.75) is 58.9 Å². The van der Waals surface area contributed by atoms with Crippen LogP contribution in [0.4, 0.5) is 11.6 Å². The summed E-state index contributed by atoms with van der Waals surface area (Å²) >= 11 is 0. The van der Waals surface area contributed by atoms with Gasteiger partial charge in [0.15, 0.2) is 0 Å². The van der Waals surface area contributed by atoms with Crippen LogP contribution in [0.2, 0.25) is 0 Å². The first-order chi connectivity index (χ1) is 9.87. The van der Waals surface area contributed by atoms with Crippen LogP contribution in [-0.2, 0) is 5.41 Å². The summed E-state index contributed by atoms with van der Waals surface area (Å²) in [6, 6.07) is 2.17. The molecule has 1 heterocycles. The maximum Gasteiger partial charge on any atom is 0.145 e. The first-order valence-electron chi connectivity index (χ1n) is 7.61. The number of hydrogen-bond acceptors (Lipinski definition) is 6. The smallest absolute Gasteiger partial charge is 0.145 e. The lowest BCUT2D eigenvalue weighted by atomic mass is 9.95. The van der Waals surface area contributed by atoms with Gasteiger partial charge in [0.1, 0.15) is 17.5 Å². The summed E-state index contributed by atoms with van der Waals surface area (Å²) in [5.41, 5.74) is 2.45. The average Bonchev–Trinajstić information content (AvgIpc) is 2.46. The molecule has 0 unspecified atom stereocenters.